The average molecular weight is 752 g/mol. The van der Waals surface area contributed by atoms with Crippen LogP contribution in [0.1, 0.15) is 79.0 Å². The Labute approximate surface area is 320 Å². The standard InChI is InChI=1S/C42H49N5O6S/c1-27-41(54-26-45-27)33-16-17-34(23-44-25-48)37(22-33)52-20-4-3-7-29-12-14-30(15-13-29)24-53-28(2)35(18-19-38(43)49)46-42(51)36-21-32-10-5-8-31-9-6-11-39(50)47(36)40(31)32/h5,8,10,12-17,22,25-26,28,35-36H,3-4,6-7,9,11,18-21,23-24H2,1-2H3,(H2,43,49)(H,44,48)(H,46,51)/t28-,35+,36+/m1/s1. The van der Waals surface area contributed by atoms with Crippen molar-refractivity contribution in [3.63, 3.8) is 0 Å². The van der Waals surface area contributed by atoms with Gasteiger partial charge in [-0.25, -0.2) is 4.98 Å². The molecular weight excluding hydrogens is 703 g/mol. The van der Waals surface area contributed by atoms with Crippen molar-refractivity contribution >= 4 is 41.2 Å². The van der Waals surface area contributed by atoms with Gasteiger partial charge in [0, 0.05) is 31.4 Å². The molecule has 3 atom stereocenters. The number of primary amides is 1. The Bertz CT molecular complexity index is 1950. The van der Waals surface area contributed by atoms with Crippen LogP contribution in [-0.4, -0.2) is 53.9 Å². The largest absolute Gasteiger partial charge is 0.493 e. The quantitative estimate of drug-likeness (QED) is 0.0819. The normalized spacial score (nSPS) is 15.9. The van der Waals surface area contributed by atoms with E-state index in [4.69, 9.17) is 15.2 Å². The third kappa shape index (κ3) is 9.53. The lowest BCUT2D eigenvalue weighted by Crippen LogP contribution is -2.53. The van der Waals surface area contributed by atoms with E-state index in [9.17, 15) is 19.2 Å². The third-order valence-electron chi connectivity index (χ3n) is 10.3. The summed E-state index contributed by atoms with van der Waals surface area (Å²) in [5.74, 6) is 0.0372. The second kappa shape index (κ2) is 18.3. The number of para-hydroxylation sites is 1. The fraction of sp³-hybridized carbons (Fsp3) is 0.405. The van der Waals surface area contributed by atoms with Gasteiger partial charge >= 0.3 is 0 Å². The van der Waals surface area contributed by atoms with Crippen LogP contribution in [0.25, 0.3) is 10.4 Å². The second-order valence-electron chi connectivity index (χ2n) is 14.1. The van der Waals surface area contributed by atoms with E-state index in [1.54, 1.807) is 16.2 Å². The number of thiazole rings is 1. The van der Waals surface area contributed by atoms with Crippen molar-refractivity contribution in [1.82, 2.24) is 15.6 Å². The SMILES string of the molecule is Cc1ncsc1-c1ccc(CNC=O)c(OCCCCc2ccc(CO[C@H](C)[C@H](CCC(N)=O)NC(=O)[C@@H]3Cc4cccc5c4N3C(=O)CCC5)cc2)c1. The van der Waals surface area contributed by atoms with Crippen LogP contribution in [0.15, 0.2) is 66.2 Å². The Morgan fingerprint density at radius 2 is 1.87 bits per heavy atom. The first-order valence-electron chi connectivity index (χ1n) is 18.8. The highest BCUT2D eigenvalue weighted by molar-refractivity contribution is 7.13. The number of aryl methyl sites for hydroxylation is 3. The van der Waals surface area contributed by atoms with Gasteiger partial charge in [0.05, 0.1) is 47.1 Å². The van der Waals surface area contributed by atoms with Crippen LogP contribution in [0.3, 0.4) is 0 Å². The number of nitrogens with two attached hydrogens (primary N) is 1. The highest BCUT2D eigenvalue weighted by Crippen LogP contribution is 2.39. The van der Waals surface area contributed by atoms with Crippen LogP contribution in [0, 0.1) is 6.92 Å². The molecule has 0 radical (unpaired) electrons. The number of amides is 4. The Morgan fingerprint density at radius 1 is 1.07 bits per heavy atom. The second-order valence-corrected chi connectivity index (χ2v) is 15.0. The third-order valence-corrected chi connectivity index (χ3v) is 11.3. The van der Waals surface area contributed by atoms with Crippen molar-refractivity contribution in [2.45, 2.75) is 103 Å². The van der Waals surface area contributed by atoms with Gasteiger partial charge in [-0.15, -0.1) is 11.3 Å². The van der Waals surface area contributed by atoms with Crippen molar-refractivity contribution in [2.75, 3.05) is 11.5 Å². The molecule has 0 fully saturated rings. The molecule has 54 heavy (non-hydrogen) atoms. The summed E-state index contributed by atoms with van der Waals surface area (Å²) < 4.78 is 12.5. The van der Waals surface area contributed by atoms with Gasteiger partial charge in [-0.1, -0.05) is 54.6 Å². The van der Waals surface area contributed by atoms with Gasteiger partial charge in [-0.05, 0) is 86.3 Å². The number of carbonyl (C=O) groups is 4. The molecule has 4 aromatic rings. The summed E-state index contributed by atoms with van der Waals surface area (Å²) in [5.41, 5.74) is 15.5. The molecule has 2 aliphatic rings. The van der Waals surface area contributed by atoms with Crippen LogP contribution in [0.5, 0.6) is 5.75 Å². The first kappa shape index (κ1) is 38.6. The van der Waals surface area contributed by atoms with Gasteiger partial charge in [-0.2, -0.15) is 0 Å². The lowest BCUT2D eigenvalue weighted by atomic mass is 10.0. The molecule has 0 unspecified atom stereocenters. The van der Waals surface area contributed by atoms with Gasteiger partial charge in [0.15, 0.2) is 0 Å². The number of anilines is 1. The monoisotopic (exact) mass is 751 g/mol. The van der Waals surface area contributed by atoms with Crippen LogP contribution in [0.2, 0.25) is 0 Å². The highest BCUT2D eigenvalue weighted by atomic mass is 32.1. The molecule has 0 bridgehead atoms. The van der Waals surface area contributed by atoms with Gasteiger partial charge in [0.25, 0.3) is 0 Å². The predicted octanol–water partition coefficient (Wildman–Crippen LogP) is 5.72. The Morgan fingerprint density at radius 3 is 2.63 bits per heavy atom. The number of ether oxygens (including phenoxy) is 2. The molecule has 0 saturated heterocycles. The molecule has 2 aliphatic heterocycles. The summed E-state index contributed by atoms with van der Waals surface area (Å²) >= 11 is 1.59. The summed E-state index contributed by atoms with van der Waals surface area (Å²) in [6.07, 6.45) is 5.87. The minimum Gasteiger partial charge on any atom is -0.493 e. The fourth-order valence-corrected chi connectivity index (χ4v) is 8.10. The summed E-state index contributed by atoms with van der Waals surface area (Å²) in [7, 11) is 0. The molecule has 6 rings (SSSR count). The van der Waals surface area contributed by atoms with Crippen LogP contribution in [0.4, 0.5) is 5.69 Å². The van der Waals surface area contributed by atoms with E-state index in [2.05, 4.69) is 27.8 Å². The fourth-order valence-electron chi connectivity index (χ4n) is 7.30. The molecule has 4 amide bonds. The zero-order valence-electron chi connectivity index (χ0n) is 31.0. The molecule has 3 aromatic carbocycles. The summed E-state index contributed by atoms with van der Waals surface area (Å²) in [5, 5.41) is 5.85. The van der Waals surface area contributed by atoms with E-state index in [1.165, 1.54) is 5.56 Å². The van der Waals surface area contributed by atoms with Crippen LogP contribution in [-0.2, 0) is 56.3 Å². The van der Waals surface area contributed by atoms with E-state index in [1.807, 2.05) is 67.9 Å². The maximum Gasteiger partial charge on any atom is 0.243 e. The lowest BCUT2D eigenvalue weighted by Gasteiger charge is -2.29. The molecule has 4 N–H and O–H groups in total. The molecule has 11 nitrogen and oxygen atoms in total. The molecule has 3 heterocycles. The Hall–Kier alpha value is -5.07. The van der Waals surface area contributed by atoms with Crippen molar-refractivity contribution in [1.29, 1.82) is 0 Å². The van der Waals surface area contributed by atoms with Crippen LogP contribution >= 0.6 is 11.3 Å². The predicted molar refractivity (Wildman–Crippen MR) is 209 cm³/mol. The minimum absolute atomic E-state index is 0.0312. The van der Waals surface area contributed by atoms with E-state index >= 15 is 0 Å². The number of nitrogens with one attached hydrogen (secondary N) is 2. The van der Waals surface area contributed by atoms with Gasteiger partial charge in [-0.3, -0.25) is 24.1 Å². The molecule has 284 valence electrons. The Balaban J connectivity index is 0.986. The molecule has 12 heteroatoms. The topological polar surface area (TPSA) is 153 Å². The van der Waals surface area contributed by atoms with E-state index in [0.29, 0.717) is 45.4 Å². The van der Waals surface area contributed by atoms with Gasteiger partial charge < -0.3 is 25.8 Å². The molecule has 0 aliphatic carbocycles. The molecular formula is C42H49N5O6S. The maximum atomic E-state index is 13.8. The van der Waals surface area contributed by atoms with E-state index < -0.39 is 24.1 Å². The van der Waals surface area contributed by atoms with Crippen molar-refractivity contribution in [3.05, 3.63) is 99.7 Å². The lowest BCUT2D eigenvalue weighted by molar-refractivity contribution is -0.128. The van der Waals surface area contributed by atoms with Crippen molar-refractivity contribution in [2.24, 2.45) is 5.73 Å². The van der Waals surface area contributed by atoms with Crippen molar-refractivity contribution in [3.8, 4) is 16.2 Å². The number of unbranched alkanes of at least 4 members (excludes halogenated alkanes) is 1. The van der Waals surface area contributed by atoms with Gasteiger partial charge in [0.2, 0.25) is 24.1 Å². The number of hydrogen-bond donors (Lipinski definition) is 3. The molecule has 0 saturated carbocycles. The maximum absolute atomic E-state index is 13.8. The molecule has 1 aromatic heterocycles. The number of aromatic nitrogens is 1. The zero-order chi connectivity index (χ0) is 38.0. The number of carbonyl (C=O) groups excluding carboxylic acids is 4. The minimum atomic E-state index is -0.637. The van der Waals surface area contributed by atoms with Crippen molar-refractivity contribution < 1.29 is 28.7 Å². The number of benzene rings is 3. The van der Waals surface area contributed by atoms with E-state index in [0.717, 1.165) is 81.9 Å². The summed E-state index contributed by atoms with van der Waals surface area (Å²) in [6.45, 7) is 5.17. The summed E-state index contributed by atoms with van der Waals surface area (Å²) in [6, 6.07) is 19.3. The van der Waals surface area contributed by atoms with Crippen LogP contribution < -0.4 is 26.0 Å². The molecule has 0 spiro atoms. The first-order valence-corrected chi connectivity index (χ1v) is 19.6. The van der Waals surface area contributed by atoms with E-state index in [-0.39, 0.29) is 18.2 Å². The average Bonchev–Trinajstić information content (AvgIpc) is 3.74. The number of nitrogens with zero attached hydrogens (tertiary/aromatic N) is 2. The number of rotatable bonds is 19. The zero-order valence-corrected chi connectivity index (χ0v) is 31.8. The highest BCUT2D eigenvalue weighted by Gasteiger charge is 2.41. The smallest absolute Gasteiger partial charge is 0.243 e. The Kier molecular flexibility index (Phi) is 13.1. The number of hydrogen-bond acceptors (Lipinski definition) is 8. The summed E-state index contributed by atoms with van der Waals surface area (Å²) in [4.78, 5) is 56.7. The first-order chi connectivity index (χ1) is 26.2. The van der Waals surface area contributed by atoms with Gasteiger partial charge in [0.1, 0.15) is 11.8 Å².